The van der Waals surface area contributed by atoms with E-state index in [1.54, 1.807) is 11.9 Å². The molecule has 0 N–H and O–H groups in total. The lowest BCUT2D eigenvalue weighted by Gasteiger charge is -2.34. The summed E-state index contributed by atoms with van der Waals surface area (Å²) in [6.07, 6.45) is -2.65. The van der Waals surface area contributed by atoms with Crippen molar-refractivity contribution in [3.63, 3.8) is 0 Å². The summed E-state index contributed by atoms with van der Waals surface area (Å²) in [4.78, 5) is 14.3. The molecule has 1 saturated carbocycles. The summed E-state index contributed by atoms with van der Waals surface area (Å²) >= 11 is 3.50. The molecule has 0 aliphatic heterocycles. The number of nitrogens with zero attached hydrogens (tertiary/aromatic N) is 1. The van der Waals surface area contributed by atoms with Crippen LogP contribution in [0.15, 0.2) is 24.3 Å². The molecule has 1 amide bonds. The van der Waals surface area contributed by atoms with Crippen molar-refractivity contribution in [1.29, 1.82) is 0 Å². The fourth-order valence-electron chi connectivity index (χ4n) is 2.29. The van der Waals surface area contributed by atoms with E-state index in [4.69, 9.17) is 0 Å². The number of halogens is 4. The Kier molecular flexibility index (Phi) is 4.81. The van der Waals surface area contributed by atoms with Gasteiger partial charge in [-0.05, 0) is 43.0 Å². The SMILES string of the molecule is CN(CC1CC(Br)C1)C(=O)c1ccc(OC(F)(F)F)cc1. The number of amides is 1. The van der Waals surface area contributed by atoms with Crippen LogP contribution < -0.4 is 4.74 Å². The minimum Gasteiger partial charge on any atom is -0.406 e. The Labute approximate surface area is 129 Å². The molecule has 1 aliphatic rings. The fraction of sp³-hybridized carbons (Fsp3) is 0.500. The third-order valence-electron chi connectivity index (χ3n) is 3.39. The van der Waals surface area contributed by atoms with Crippen molar-refractivity contribution in [2.75, 3.05) is 13.6 Å². The molecule has 0 heterocycles. The van der Waals surface area contributed by atoms with Crippen LogP contribution >= 0.6 is 15.9 Å². The summed E-state index contributed by atoms with van der Waals surface area (Å²) in [5, 5.41) is 0. The molecule has 1 aromatic rings. The number of hydrogen-bond donors (Lipinski definition) is 0. The fourth-order valence-corrected chi connectivity index (χ4v) is 3.35. The Morgan fingerprint density at radius 2 is 1.90 bits per heavy atom. The zero-order valence-electron chi connectivity index (χ0n) is 11.4. The molecule has 0 atom stereocenters. The Hall–Kier alpha value is -1.24. The maximum atomic E-state index is 12.1. The first kappa shape index (κ1) is 16.1. The van der Waals surface area contributed by atoms with Crippen LogP contribution in [0.2, 0.25) is 0 Å². The van der Waals surface area contributed by atoms with Crippen LogP contribution in [-0.4, -0.2) is 35.6 Å². The van der Waals surface area contributed by atoms with E-state index in [0.29, 0.717) is 22.9 Å². The largest absolute Gasteiger partial charge is 0.573 e. The van der Waals surface area contributed by atoms with Gasteiger partial charge in [0.15, 0.2) is 0 Å². The van der Waals surface area contributed by atoms with Gasteiger partial charge in [-0.25, -0.2) is 0 Å². The molecule has 116 valence electrons. The molecule has 0 spiro atoms. The minimum absolute atomic E-state index is 0.202. The molecule has 0 saturated heterocycles. The molecule has 0 radical (unpaired) electrons. The first-order valence-electron chi connectivity index (χ1n) is 6.50. The average molecular weight is 366 g/mol. The summed E-state index contributed by atoms with van der Waals surface area (Å²) in [5.41, 5.74) is 0.349. The number of carbonyl (C=O) groups is 1. The maximum absolute atomic E-state index is 12.1. The summed E-state index contributed by atoms with van der Waals surface area (Å²) in [6.45, 7) is 0.654. The second-order valence-electron chi connectivity index (χ2n) is 5.19. The second-order valence-corrected chi connectivity index (χ2v) is 6.49. The maximum Gasteiger partial charge on any atom is 0.573 e. The van der Waals surface area contributed by atoms with Crippen molar-refractivity contribution in [2.45, 2.75) is 24.0 Å². The minimum atomic E-state index is -4.72. The van der Waals surface area contributed by atoms with Gasteiger partial charge in [-0.3, -0.25) is 4.79 Å². The van der Waals surface area contributed by atoms with Gasteiger partial charge < -0.3 is 9.64 Å². The summed E-state index contributed by atoms with van der Waals surface area (Å²) in [6, 6.07) is 4.97. The first-order chi connectivity index (χ1) is 9.74. The Balaban J connectivity index is 1.93. The van der Waals surface area contributed by atoms with E-state index in [-0.39, 0.29) is 11.7 Å². The highest BCUT2D eigenvalue weighted by Gasteiger charge is 2.31. The molecule has 1 aliphatic carbocycles. The topological polar surface area (TPSA) is 29.5 Å². The van der Waals surface area contributed by atoms with Crippen LogP contribution in [0.3, 0.4) is 0 Å². The second kappa shape index (κ2) is 6.25. The van der Waals surface area contributed by atoms with E-state index < -0.39 is 6.36 Å². The van der Waals surface area contributed by atoms with Gasteiger partial charge in [0.2, 0.25) is 0 Å². The summed E-state index contributed by atoms with van der Waals surface area (Å²) in [5.74, 6) is -0.0504. The molecule has 0 bridgehead atoms. The van der Waals surface area contributed by atoms with Gasteiger partial charge >= 0.3 is 6.36 Å². The van der Waals surface area contributed by atoms with Gasteiger partial charge in [-0.2, -0.15) is 0 Å². The first-order valence-corrected chi connectivity index (χ1v) is 7.41. The molecule has 1 aromatic carbocycles. The molecule has 1 fully saturated rings. The molecule has 2 rings (SSSR count). The van der Waals surface area contributed by atoms with Gasteiger partial charge in [0.05, 0.1) is 0 Å². The van der Waals surface area contributed by atoms with Crippen molar-refractivity contribution in [3.8, 4) is 5.75 Å². The highest BCUT2D eigenvalue weighted by atomic mass is 79.9. The van der Waals surface area contributed by atoms with Gasteiger partial charge in [0.1, 0.15) is 5.75 Å². The van der Waals surface area contributed by atoms with Crippen LogP contribution in [0.1, 0.15) is 23.2 Å². The predicted molar refractivity (Wildman–Crippen MR) is 75.5 cm³/mol. The molecule has 21 heavy (non-hydrogen) atoms. The van der Waals surface area contributed by atoms with Gasteiger partial charge in [-0.1, -0.05) is 15.9 Å². The van der Waals surface area contributed by atoms with Crippen molar-refractivity contribution >= 4 is 21.8 Å². The third-order valence-corrected chi connectivity index (χ3v) is 4.14. The van der Waals surface area contributed by atoms with Gasteiger partial charge in [0, 0.05) is 24.0 Å². The number of carbonyl (C=O) groups excluding carboxylic acids is 1. The zero-order valence-corrected chi connectivity index (χ0v) is 12.9. The number of alkyl halides is 4. The highest BCUT2D eigenvalue weighted by molar-refractivity contribution is 9.09. The van der Waals surface area contributed by atoms with E-state index in [0.717, 1.165) is 25.0 Å². The average Bonchev–Trinajstić information content (AvgIpc) is 2.35. The molecule has 7 heteroatoms. The summed E-state index contributed by atoms with van der Waals surface area (Å²) < 4.78 is 39.9. The van der Waals surface area contributed by atoms with Gasteiger partial charge in [0.25, 0.3) is 5.91 Å². The Bertz CT molecular complexity index is 498. The van der Waals surface area contributed by atoms with Crippen molar-refractivity contribution in [2.24, 2.45) is 5.92 Å². The van der Waals surface area contributed by atoms with E-state index in [9.17, 15) is 18.0 Å². The normalized spacial score (nSPS) is 21.6. The smallest absolute Gasteiger partial charge is 0.406 e. The predicted octanol–water partition coefficient (Wildman–Crippen LogP) is 3.83. The number of ether oxygens (including phenoxy) is 1. The standard InChI is InChI=1S/C14H15BrF3NO2/c1-19(8-9-6-11(15)7-9)13(20)10-2-4-12(5-3-10)21-14(16,17)18/h2-5,9,11H,6-8H2,1H3. The quantitative estimate of drug-likeness (QED) is 0.758. The highest BCUT2D eigenvalue weighted by Crippen LogP contribution is 2.33. The Morgan fingerprint density at radius 1 is 1.33 bits per heavy atom. The van der Waals surface area contributed by atoms with Crippen LogP contribution in [0.25, 0.3) is 0 Å². The van der Waals surface area contributed by atoms with Crippen LogP contribution in [0, 0.1) is 5.92 Å². The van der Waals surface area contributed by atoms with Crippen LogP contribution in [0.4, 0.5) is 13.2 Å². The van der Waals surface area contributed by atoms with E-state index >= 15 is 0 Å². The lowest BCUT2D eigenvalue weighted by Crippen LogP contribution is -2.37. The third kappa shape index (κ3) is 4.62. The number of rotatable bonds is 4. The lowest BCUT2D eigenvalue weighted by molar-refractivity contribution is -0.274. The van der Waals surface area contributed by atoms with Crippen molar-refractivity contribution in [3.05, 3.63) is 29.8 Å². The number of benzene rings is 1. The van der Waals surface area contributed by atoms with Crippen molar-refractivity contribution < 1.29 is 22.7 Å². The molecule has 0 aromatic heterocycles. The van der Waals surface area contributed by atoms with Gasteiger partial charge in [-0.15, -0.1) is 13.2 Å². The van der Waals surface area contributed by atoms with Crippen LogP contribution in [-0.2, 0) is 0 Å². The van der Waals surface area contributed by atoms with E-state index in [1.807, 2.05) is 0 Å². The zero-order chi connectivity index (χ0) is 15.6. The Morgan fingerprint density at radius 3 is 2.38 bits per heavy atom. The number of hydrogen-bond acceptors (Lipinski definition) is 2. The van der Waals surface area contributed by atoms with E-state index in [2.05, 4.69) is 20.7 Å². The molecular weight excluding hydrogens is 351 g/mol. The molecule has 0 unspecified atom stereocenters. The van der Waals surface area contributed by atoms with E-state index in [1.165, 1.54) is 12.1 Å². The van der Waals surface area contributed by atoms with Crippen LogP contribution in [0.5, 0.6) is 5.75 Å². The molecule has 3 nitrogen and oxygen atoms in total. The van der Waals surface area contributed by atoms with Crippen molar-refractivity contribution in [1.82, 2.24) is 4.90 Å². The lowest BCUT2D eigenvalue weighted by atomic mass is 9.85. The summed E-state index contributed by atoms with van der Waals surface area (Å²) in [7, 11) is 1.70. The monoisotopic (exact) mass is 365 g/mol. The molecular formula is C14H15BrF3NO2.